The fourth-order valence-corrected chi connectivity index (χ4v) is 1.45. The number of primary amides is 1. The maximum atomic E-state index is 11.9. The SMILES string of the molecule is CCN(C(=O)C(N)CC(N)=O)C(C)(C)C(=O)O. The molecule has 0 aromatic rings. The van der Waals surface area contributed by atoms with Crippen molar-refractivity contribution in [2.24, 2.45) is 11.5 Å². The minimum absolute atomic E-state index is 0.185. The quantitative estimate of drug-likeness (QED) is 0.547. The van der Waals surface area contributed by atoms with Gasteiger partial charge in [-0.25, -0.2) is 4.79 Å². The van der Waals surface area contributed by atoms with Crippen molar-refractivity contribution in [3.05, 3.63) is 0 Å². The summed E-state index contributed by atoms with van der Waals surface area (Å²) in [5, 5.41) is 9.03. The van der Waals surface area contributed by atoms with Gasteiger partial charge in [-0.15, -0.1) is 0 Å². The Hall–Kier alpha value is -1.63. The van der Waals surface area contributed by atoms with Gasteiger partial charge in [-0.3, -0.25) is 9.59 Å². The molecule has 2 amide bonds. The highest BCUT2D eigenvalue weighted by atomic mass is 16.4. The Balaban J connectivity index is 4.95. The lowest BCUT2D eigenvalue weighted by Crippen LogP contribution is -2.57. The first-order chi connectivity index (χ1) is 7.64. The Morgan fingerprint density at radius 1 is 1.35 bits per heavy atom. The molecule has 0 spiro atoms. The van der Waals surface area contributed by atoms with E-state index in [0.717, 1.165) is 4.90 Å². The number of nitrogens with two attached hydrogens (primary N) is 2. The van der Waals surface area contributed by atoms with Crippen molar-refractivity contribution in [1.82, 2.24) is 4.90 Å². The molecule has 0 radical (unpaired) electrons. The summed E-state index contributed by atoms with van der Waals surface area (Å²) in [4.78, 5) is 34.7. The Kier molecular flexibility index (Phi) is 5.09. The minimum atomic E-state index is -1.37. The van der Waals surface area contributed by atoms with E-state index in [4.69, 9.17) is 16.6 Å². The summed E-state index contributed by atoms with van der Waals surface area (Å²) < 4.78 is 0. The van der Waals surface area contributed by atoms with Gasteiger partial charge in [0.05, 0.1) is 12.5 Å². The normalized spacial score (nSPS) is 12.9. The Bertz CT molecular complexity index is 328. The molecule has 1 unspecified atom stereocenters. The molecule has 0 saturated carbocycles. The van der Waals surface area contributed by atoms with Crippen LogP contribution < -0.4 is 11.5 Å². The van der Waals surface area contributed by atoms with Crippen LogP contribution in [0.3, 0.4) is 0 Å². The van der Waals surface area contributed by atoms with Crippen LogP contribution in [-0.2, 0) is 14.4 Å². The van der Waals surface area contributed by atoms with E-state index in [0.29, 0.717) is 0 Å². The van der Waals surface area contributed by atoms with Crippen molar-refractivity contribution >= 4 is 17.8 Å². The largest absolute Gasteiger partial charge is 0.480 e. The van der Waals surface area contributed by atoms with E-state index in [1.165, 1.54) is 13.8 Å². The molecule has 0 fully saturated rings. The van der Waals surface area contributed by atoms with E-state index in [9.17, 15) is 14.4 Å². The zero-order valence-corrected chi connectivity index (χ0v) is 10.3. The van der Waals surface area contributed by atoms with Gasteiger partial charge in [0, 0.05) is 6.54 Å². The van der Waals surface area contributed by atoms with Crippen LogP contribution in [-0.4, -0.2) is 45.9 Å². The molecule has 5 N–H and O–H groups in total. The molecule has 0 aliphatic rings. The molecule has 0 bridgehead atoms. The van der Waals surface area contributed by atoms with Crippen molar-refractivity contribution in [2.75, 3.05) is 6.54 Å². The first kappa shape index (κ1) is 15.4. The summed E-state index contributed by atoms with van der Waals surface area (Å²) in [5.41, 5.74) is 9.07. The number of carbonyl (C=O) groups excluding carboxylic acids is 2. The first-order valence-electron chi connectivity index (χ1n) is 5.23. The van der Waals surface area contributed by atoms with E-state index in [1.54, 1.807) is 6.92 Å². The molecule has 0 aromatic heterocycles. The van der Waals surface area contributed by atoms with Crippen LogP contribution in [0.15, 0.2) is 0 Å². The van der Waals surface area contributed by atoms with Crippen LogP contribution in [0.5, 0.6) is 0 Å². The number of hydrogen-bond donors (Lipinski definition) is 3. The Labute approximate surface area is 99.7 Å². The van der Waals surface area contributed by atoms with Gasteiger partial charge in [0.15, 0.2) is 0 Å². The van der Waals surface area contributed by atoms with E-state index < -0.39 is 29.4 Å². The average Bonchev–Trinajstić information content (AvgIpc) is 2.16. The Morgan fingerprint density at radius 2 is 1.82 bits per heavy atom. The van der Waals surface area contributed by atoms with Crippen molar-refractivity contribution in [3.8, 4) is 0 Å². The van der Waals surface area contributed by atoms with Gasteiger partial charge in [0.1, 0.15) is 5.54 Å². The fourth-order valence-electron chi connectivity index (χ4n) is 1.45. The molecule has 7 nitrogen and oxygen atoms in total. The molecule has 0 heterocycles. The summed E-state index contributed by atoms with van der Waals surface area (Å²) in [7, 11) is 0. The lowest BCUT2D eigenvalue weighted by molar-refractivity contribution is -0.157. The lowest BCUT2D eigenvalue weighted by atomic mass is 10.0. The van der Waals surface area contributed by atoms with Crippen LogP contribution >= 0.6 is 0 Å². The van der Waals surface area contributed by atoms with E-state index in [1.807, 2.05) is 0 Å². The number of hydrogen-bond acceptors (Lipinski definition) is 4. The third-order valence-corrected chi connectivity index (χ3v) is 2.52. The van der Waals surface area contributed by atoms with Gasteiger partial charge < -0.3 is 21.5 Å². The maximum Gasteiger partial charge on any atom is 0.329 e. The van der Waals surface area contributed by atoms with Gasteiger partial charge in [-0.05, 0) is 20.8 Å². The summed E-state index contributed by atoms with van der Waals surface area (Å²) in [6, 6.07) is -1.11. The van der Waals surface area contributed by atoms with Crippen molar-refractivity contribution in [1.29, 1.82) is 0 Å². The number of carboxylic acids is 1. The molecule has 0 aliphatic heterocycles. The number of likely N-dealkylation sites (N-methyl/N-ethyl adjacent to an activating group) is 1. The summed E-state index contributed by atoms with van der Waals surface area (Å²) in [5.74, 6) is -2.44. The van der Waals surface area contributed by atoms with Gasteiger partial charge in [-0.2, -0.15) is 0 Å². The topological polar surface area (TPSA) is 127 Å². The Morgan fingerprint density at radius 3 is 2.12 bits per heavy atom. The second kappa shape index (κ2) is 5.62. The number of amides is 2. The van der Waals surface area contributed by atoms with Gasteiger partial charge >= 0.3 is 5.97 Å². The lowest BCUT2D eigenvalue weighted by Gasteiger charge is -2.35. The predicted molar refractivity (Wildman–Crippen MR) is 60.9 cm³/mol. The molecule has 17 heavy (non-hydrogen) atoms. The second-order valence-corrected chi connectivity index (χ2v) is 4.22. The second-order valence-electron chi connectivity index (χ2n) is 4.22. The molecule has 98 valence electrons. The smallest absolute Gasteiger partial charge is 0.329 e. The average molecular weight is 245 g/mol. The van der Waals surface area contributed by atoms with Gasteiger partial charge in [0.2, 0.25) is 11.8 Å². The standard InChI is InChI=1S/C10H19N3O4/c1-4-13(10(2,3)9(16)17)8(15)6(11)5-7(12)14/h6H,4-5,11H2,1-3H3,(H2,12,14)(H,16,17). The predicted octanol–water partition coefficient (Wildman–Crippen LogP) is -1.10. The molecular weight excluding hydrogens is 226 g/mol. The van der Waals surface area contributed by atoms with Gasteiger partial charge in [0.25, 0.3) is 0 Å². The van der Waals surface area contributed by atoms with Crippen molar-refractivity contribution in [3.63, 3.8) is 0 Å². The highest BCUT2D eigenvalue weighted by molar-refractivity contribution is 5.91. The summed E-state index contributed by atoms with van der Waals surface area (Å²) in [6.45, 7) is 4.62. The maximum absolute atomic E-state index is 11.9. The molecule has 0 rings (SSSR count). The number of aliphatic carboxylic acids is 1. The van der Waals surface area contributed by atoms with Crippen LogP contribution in [0, 0.1) is 0 Å². The molecule has 0 aliphatic carbocycles. The highest BCUT2D eigenvalue weighted by Crippen LogP contribution is 2.16. The number of nitrogens with zero attached hydrogens (tertiary/aromatic N) is 1. The number of carbonyl (C=O) groups is 3. The number of carboxylic acid groups (broad SMARTS) is 1. The van der Waals surface area contributed by atoms with Crippen LogP contribution in [0.4, 0.5) is 0 Å². The number of rotatable bonds is 6. The molecular formula is C10H19N3O4. The zero-order valence-electron chi connectivity index (χ0n) is 10.3. The molecule has 0 saturated heterocycles. The fraction of sp³-hybridized carbons (Fsp3) is 0.700. The molecule has 0 aromatic carbocycles. The zero-order chi connectivity index (χ0) is 13.8. The van der Waals surface area contributed by atoms with Crippen LogP contribution in [0.25, 0.3) is 0 Å². The molecule has 7 heteroatoms. The van der Waals surface area contributed by atoms with Crippen LogP contribution in [0.1, 0.15) is 27.2 Å². The van der Waals surface area contributed by atoms with E-state index in [2.05, 4.69) is 0 Å². The first-order valence-corrected chi connectivity index (χ1v) is 5.23. The van der Waals surface area contributed by atoms with Crippen molar-refractivity contribution < 1.29 is 19.5 Å². The molecule has 1 atom stereocenters. The third-order valence-electron chi connectivity index (χ3n) is 2.52. The van der Waals surface area contributed by atoms with Gasteiger partial charge in [-0.1, -0.05) is 0 Å². The minimum Gasteiger partial charge on any atom is -0.480 e. The van der Waals surface area contributed by atoms with Crippen LogP contribution in [0.2, 0.25) is 0 Å². The monoisotopic (exact) mass is 245 g/mol. The van der Waals surface area contributed by atoms with Crippen molar-refractivity contribution in [2.45, 2.75) is 38.8 Å². The summed E-state index contributed by atoms with van der Waals surface area (Å²) >= 11 is 0. The third kappa shape index (κ3) is 3.70. The van der Waals surface area contributed by atoms with E-state index >= 15 is 0 Å². The highest BCUT2D eigenvalue weighted by Gasteiger charge is 2.38. The summed E-state index contributed by atoms with van der Waals surface area (Å²) in [6.07, 6.45) is -0.301. The van der Waals surface area contributed by atoms with E-state index in [-0.39, 0.29) is 13.0 Å².